The largest absolute Gasteiger partial charge is 0.586 e. The van der Waals surface area contributed by atoms with Gasteiger partial charge < -0.3 is 19.7 Å². The number of amides is 1. The SMILES string of the molecule is CN(C)C(=O)CCNc1ccc2c(c1)OC(F)(F)O2. The van der Waals surface area contributed by atoms with E-state index in [9.17, 15) is 13.6 Å². The van der Waals surface area contributed by atoms with Crippen LogP contribution in [0.15, 0.2) is 18.2 Å². The van der Waals surface area contributed by atoms with Crippen LogP contribution in [0.2, 0.25) is 0 Å². The minimum Gasteiger partial charge on any atom is -0.395 e. The number of hydrogen-bond donors (Lipinski definition) is 1. The van der Waals surface area contributed by atoms with Crippen LogP contribution in [0.3, 0.4) is 0 Å². The maximum absolute atomic E-state index is 12.8. The summed E-state index contributed by atoms with van der Waals surface area (Å²) in [6.07, 6.45) is -3.29. The number of anilines is 1. The summed E-state index contributed by atoms with van der Waals surface area (Å²) in [6.45, 7) is 0.410. The van der Waals surface area contributed by atoms with Gasteiger partial charge in [0.25, 0.3) is 0 Å². The van der Waals surface area contributed by atoms with Crippen molar-refractivity contribution in [3.05, 3.63) is 18.2 Å². The highest BCUT2D eigenvalue weighted by Crippen LogP contribution is 2.42. The van der Waals surface area contributed by atoms with Crippen molar-refractivity contribution in [2.45, 2.75) is 12.7 Å². The van der Waals surface area contributed by atoms with Gasteiger partial charge in [-0.15, -0.1) is 8.78 Å². The zero-order chi connectivity index (χ0) is 14.0. The first kappa shape index (κ1) is 13.4. The second-order valence-electron chi connectivity index (χ2n) is 4.29. The Morgan fingerprint density at radius 1 is 1.32 bits per heavy atom. The summed E-state index contributed by atoms with van der Waals surface area (Å²) in [5, 5.41) is 2.96. The lowest BCUT2D eigenvalue weighted by Crippen LogP contribution is -2.25. The molecule has 1 aromatic carbocycles. The van der Waals surface area contributed by atoms with E-state index < -0.39 is 6.29 Å². The minimum absolute atomic E-state index is 0.0000760. The molecule has 0 bridgehead atoms. The zero-order valence-corrected chi connectivity index (χ0v) is 10.6. The van der Waals surface area contributed by atoms with Crippen LogP contribution in [-0.2, 0) is 4.79 Å². The summed E-state index contributed by atoms with van der Waals surface area (Å²) in [5.74, 6) is -0.0337. The quantitative estimate of drug-likeness (QED) is 0.909. The maximum atomic E-state index is 12.8. The van der Waals surface area contributed by atoms with E-state index in [1.54, 1.807) is 20.2 Å². The Hall–Kier alpha value is -2.05. The summed E-state index contributed by atoms with van der Waals surface area (Å²) in [7, 11) is 3.34. The van der Waals surface area contributed by atoms with Crippen molar-refractivity contribution in [3.8, 4) is 11.5 Å². The van der Waals surface area contributed by atoms with Gasteiger partial charge in [-0.25, -0.2) is 0 Å². The number of benzene rings is 1. The van der Waals surface area contributed by atoms with Gasteiger partial charge in [-0.3, -0.25) is 4.79 Å². The number of carbonyl (C=O) groups is 1. The molecule has 19 heavy (non-hydrogen) atoms. The molecule has 0 aliphatic carbocycles. The molecule has 5 nitrogen and oxygen atoms in total. The van der Waals surface area contributed by atoms with E-state index >= 15 is 0 Å². The van der Waals surface area contributed by atoms with Crippen LogP contribution in [0.5, 0.6) is 11.5 Å². The number of carbonyl (C=O) groups excluding carboxylic acids is 1. The van der Waals surface area contributed by atoms with Gasteiger partial charge in [0.15, 0.2) is 11.5 Å². The second-order valence-corrected chi connectivity index (χ2v) is 4.29. The molecule has 1 aromatic rings. The van der Waals surface area contributed by atoms with Gasteiger partial charge in [0.05, 0.1) is 0 Å². The molecular weight excluding hydrogens is 258 g/mol. The highest BCUT2D eigenvalue weighted by molar-refractivity contribution is 5.76. The third kappa shape index (κ3) is 3.24. The molecule has 1 aliphatic rings. The van der Waals surface area contributed by atoms with Gasteiger partial charge in [-0.1, -0.05) is 0 Å². The highest BCUT2D eigenvalue weighted by atomic mass is 19.3. The molecule has 0 aromatic heterocycles. The molecule has 104 valence electrons. The van der Waals surface area contributed by atoms with Crippen molar-refractivity contribution in [2.24, 2.45) is 0 Å². The normalized spacial score (nSPS) is 15.2. The summed E-state index contributed by atoms with van der Waals surface area (Å²) in [5.41, 5.74) is 0.589. The molecule has 1 aliphatic heterocycles. The van der Waals surface area contributed by atoms with Crippen molar-refractivity contribution >= 4 is 11.6 Å². The molecule has 0 saturated heterocycles. The fraction of sp³-hybridized carbons (Fsp3) is 0.417. The molecule has 1 heterocycles. The first-order valence-electron chi connectivity index (χ1n) is 5.71. The molecule has 1 N–H and O–H groups in total. The molecule has 0 atom stereocenters. The molecule has 7 heteroatoms. The van der Waals surface area contributed by atoms with E-state index in [-0.39, 0.29) is 17.4 Å². The van der Waals surface area contributed by atoms with Crippen LogP contribution in [-0.4, -0.2) is 37.7 Å². The van der Waals surface area contributed by atoms with E-state index in [1.807, 2.05) is 0 Å². The Morgan fingerprint density at radius 3 is 2.68 bits per heavy atom. The molecule has 1 amide bonds. The Morgan fingerprint density at radius 2 is 2.00 bits per heavy atom. The predicted octanol–water partition coefficient (Wildman–Crippen LogP) is 1.90. The van der Waals surface area contributed by atoms with Crippen molar-refractivity contribution in [3.63, 3.8) is 0 Å². The maximum Gasteiger partial charge on any atom is 0.586 e. The average Bonchev–Trinajstić information content (AvgIpc) is 2.61. The third-order valence-corrected chi connectivity index (χ3v) is 2.57. The number of rotatable bonds is 4. The average molecular weight is 272 g/mol. The third-order valence-electron chi connectivity index (χ3n) is 2.57. The fourth-order valence-corrected chi connectivity index (χ4v) is 1.60. The van der Waals surface area contributed by atoms with Crippen LogP contribution in [0.1, 0.15) is 6.42 Å². The number of halogens is 2. The van der Waals surface area contributed by atoms with E-state index in [1.165, 1.54) is 17.0 Å². The highest BCUT2D eigenvalue weighted by Gasteiger charge is 2.43. The molecule has 0 fully saturated rings. The van der Waals surface area contributed by atoms with Gasteiger partial charge in [-0.2, -0.15) is 0 Å². The van der Waals surface area contributed by atoms with Crippen molar-refractivity contribution < 1.29 is 23.0 Å². The molecule has 0 unspecified atom stereocenters. The zero-order valence-electron chi connectivity index (χ0n) is 10.6. The number of fused-ring (bicyclic) bond motifs is 1. The number of alkyl halides is 2. The monoisotopic (exact) mass is 272 g/mol. The first-order valence-corrected chi connectivity index (χ1v) is 5.71. The fourth-order valence-electron chi connectivity index (χ4n) is 1.60. The Labute approximate surface area is 109 Å². The Bertz CT molecular complexity index is 492. The molecule has 0 radical (unpaired) electrons. The molecule has 0 spiro atoms. The number of nitrogens with zero attached hydrogens (tertiary/aromatic N) is 1. The van der Waals surface area contributed by atoms with E-state index in [4.69, 9.17) is 0 Å². The van der Waals surface area contributed by atoms with Crippen molar-refractivity contribution in [1.82, 2.24) is 4.90 Å². The van der Waals surface area contributed by atoms with Gasteiger partial charge in [-0.05, 0) is 12.1 Å². The van der Waals surface area contributed by atoms with Crippen LogP contribution in [0.25, 0.3) is 0 Å². The van der Waals surface area contributed by atoms with E-state index in [0.29, 0.717) is 18.7 Å². The summed E-state index contributed by atoms with van der Waals surface area (Å²) >= 11 is 0. The summed E-state index contributed by atoms with van der Waals surface area (Å²) in [4.78, 5) is 12.8. The van der Waals surface area contributed by atoms with Crippen LogP contribution < -0.4 is 14.8 Å². The van der Waals surface area contributed by atoms with Gasteiger partial charge in [0.1, 0.15) is 0 Å². The first-order chi connectivity index (χ1) is 8.87. The van der Waals surface area contributed by atoms with Crippen molar-refractivity contribution in [2.75, 3.05) is 26.0 Å². The minimum atomic E-state index is -3.61. The Kier molecular flexibility index (Phi) is 3.46. The van der Waals surface area contributed by atoms with Gasteiger partial charge in [0.2, 0.25) is 5.91 Å². The molecule has 0 saturated carbocycles. The lowest BCUT2D eigenvalue weighted by atomic mass is 10.2. The van der Waals surface area contributed by atoms with Crippen LogP contribution in [0, 0.1) is 0 Å². The lowest BCUT2D eigenvalue weighted by molar-refractivity contribution is -0.286. The Balaban J connectivity index is 1.92. The number of nitrogens with one attached hydrogen (secondary N) is 1. The predicted molar refractivity (Wildman–Crippen MR) is 64.4 cm³/mol. The summed E-state index contributed by atoms with van der Waals surface area (Å²) in [6, 6.07) is 4.40. The van der Waals surface area contributed by atoms with Gasteiger partial charge in [0, 0.05) is 38.8 Å². The number of ether oxygens (including phenoxy) is 2. The molecular formula is C12H14F2N2O3. The van der Waals surface area contributed by atoms with Crippen LogP contribution in [0.4, 0.5) is 14.5 Å². The van der Waals surface area contributed by atoms with Crippen molar-refractivity contribution in [1.29, 1.82) is 0 Å². The lowest BCUT2D eigenvalue weighted by Gasteiger charge is -2.11. The van der Waals surface area contributed by atoms with E-state index in [0.717, 1.165) is 0 Å². The van der Waals surface area contributed by atoms with Crippen LogP contribution >= 0.6 is 0 Å². The smallest absolute Gasteiger partial charge is 0.395 e. The second kappa shape index (κ2) is 4.91. The topological polar surface area (TPSA) is 50.8 Å². The summed E-state index contributed by atoms with van der Waals surface area (Å²) < 4.78 is 34.2. The molecule has 2 rings (SSSR count). The standard InChI is InChI=1S/C12H14F2N2O3/c1-16(2)11(17)5-6-15-8-3-4-9-10(7-8)19-12(13,14)18-9/h3-4,7,15H,5-6H2,1-2H3. The van der Waals surface area contributed by atoms with Gasteiger partial charge >= 0.3 is 6.29 Å². The van der Waals surface area contributed by atoms with E-state index in [2.05, 4.69) is 14.8 Å². The number of hydrogen-bond acceptors (Lipinski definition) is 4.